The summed E-state index contributed by atoms with van der Waals surface area (Å²) >= 11 is 1.46. The monoisotopic (exact) mass is 364 g/mol. The van der Waals surface area contributed by atoms with Gasteiger partial charge in [0.1, 0.15) is 10.7 Å². The maximum absolute atomic E-state index is 12.8. The number of pyridine rings is 1. The Kier molecular flexibility index (Phi) is 4.67. The Labute approximate surface area is 156 Å². The van der Waals surface area contributed by atoms with Gasteiger partial charge < -0.3 is 9.80 Å². The molecule has 0 unspecified atom stereocenters. The lowest BCUT2D eigenvalue weighted by Gasteiger charge is -2.36. The van der Waals surface area contributed by atoms with Gasteiger partial charge in [-0.25, -0.2) is 4.98 Å². The number of nitrogens with zero attached hydrogens (tertiary/aromatic N) is 4. The zero-order chi connectivity index (χ0) is 17.9. The number of hydrogen-bond donors (Lipinski definition) is 0. The fraction of sp³-hybridized carbons (Fsp3) is 0.250. The highest BCUT2D eigenvalue weighted by molar-refractivity contribution is 7.13. The molecule has 5 nitrogen and oxygen atoms in total. The van der Waals surface area contributed by atoms with E-state index in [9.17, 15) is 4.79 Å². The van der Waals surface area contributed by atoms with Crippen LogP contribution < -0.4 is 4.90 Å². The molecular weight excluding hydrogens is 344 g/mol. The van der Waals surface area contributed by atoms with Crippen molar-refractivity contribution < 1.29 is 4.79 Å². The highest BCUT2D eigenvalue weighted by Crippen LogP contribution is 2.23. The molecule has 0 radical (unpaired) electrons. The van der Waals surface area contributed by atoms with Gasteiger partial charge >= 0.3 is 0 Å². The summed E-state index contributed by atoms with van der Waals surface area (Å²) in [5.74, 6) is 0.00678. The van der Waals surface area contributed by atoms with Gasteiger partial charge in [0.25, 0.3) is 5.91 Å². The van der Waals surface area contributed by atoms with Crippen LogP contribution in [0.25, 0.3) is 10.7 Å². The summed E-state index contributed by atoms with van der Waals surface area (Å²) in [4.78, 5) is 25.8. The molecular formula is C20H20N4OS. The van der Waals surface area contributed by atoms with Crippen LogP contribution in [-0.2, 0) is 0 Å². The number of hydrogen-bond acceptors (Lipinski definition) is 5. The second-order valence-electron chi connectivity index (χ2n) is 6.37. The minimum absolute atomic E-state index is 0.00678. The standard InChI is InChI=1S/C20H20N4OS/c1-15-5-4-6-16(13-15)23-9-11-24(12-10-23)20(25)18-14-26-19(22-18)17-7-2-3-8-21-17/h2-8,13-14H,9-12H2,1H3. The van der Waals surface area contributed by atoms with E-state index in [1.165, 1.54) is 22.6 Å². The van der Waals surface area contributed by atoms with Crippen LogP contribution in [0, 0.1) is 6.92 Å². The van der Waals surface area contributed by atoms with Crippen molar-refractivity contribution in [1.82, 2.24) is 14.9 Å². The lowest BCUT2D eigenvalue weighted by atomic mass is 10.2. The first-order valence-electron chi connectivity index (χ1n) is 8.68. The van der Waals surface area contributed by atoms with E-state index in [1.54, 1.807) is 6.20 Å². The number of benzene rings is 1. The lowest BCUT2D eigenvalue weighted by Crippen LogP contribution is -2.48. The van der Waals surface area contributed by atoms with E-state index in [0.29, 0.717) is 18.8 Å². The normalized spacial score (nSPS) is 14.5. The second kappa shape index (κ2) is 7.25. The van der Waals surface area contributed by atoms with E-state index in [1.807, 2.05) is 28.5 Å². The smallest absolute Gasteiger partial charge is 0.273 e. The lowest BCUT2D eigenvalue weighted by molar-refractivity contribution is 0.0742. The zero-order valence-corrected chi connectivity index (χ0v) is 15.4. The summed E-state index contributed by atoms with van der Waals surface area (Å²) in [5.41, 5.74) is 3.80. The van der Waals surface area contributed by atoms with E-state index in [0.717, 1.165) is 23.8 Å². The van der Waals surface area contributed by atoms with Crippen LogP contribution in [0.5, 0.6) is 0 Å². The van der Waals surface area contributed by atoms with Crippen LogP contribution in [0.4, 0.5) is 5.69 Å². The van der Waals surface area contributed by atoms with E-state index in [2.05, 4.69) is 46.1 Å². The van der Waals surface area contributed by atoms with E-state index in [-0.39, 0.29) is 5.91 Å². The Morgan fingerprint density at radius 2 is 1.92 bits per heavy atom. The Balaban J connectivity index is 1.42. The Hall–Kier alpha value is -2.73. The molecule has 1 fully saturated rings. The summed E-state index contributed by atoms with van der Waals surface area (Å²) in [6, 6.07) is 14.2. The Bertz CT molecular complexity index is 901. The molecule has 4 rings (SSSR count). The highest BCUT2D eigenvalue weighted by Gasteiger charge is 2.24. The van der Waals surface area contributed by atoms with Crippen LogP contribution in [0.15, 0.2) is 54.0 Å². The van der Waals surface area contributed by atoms with Gasteiger partial charge in [0, 0.05) is 43.4 Å². The second-order valence-corrected chi connectivity index (χ2v) is 7.23. The highest BCUT2D eigenvalue weighted by atomic mass is 32.1. The minimum Gasteiger partial charge on any atom is -0.368 e. The van der Waals surface area contributed by atoms with Gasteiger partial charge in [-0.1, -0.05) is 18.2 Å². The molecule has 0 atom stereocenters. The number of thiazole rings is 1. The number of aryl methyl sites for hydroxylation is 1. The summed E-state index contributed by atoms with van der Waals surface area (Å²) in [6.45, 7) is 5.20. The number of piperazine rings is 1. The summed E-state index contributed by atoms with van der Waals surface area (Å²) in [5, 5.41) is 2.62. The average molecular weight is 364 g/mol. The molecule has 0 N–H and O–H groups in total. The van der Waals surface area contributed by atoms with Crippen LogP contribution in [0.1, 0.15) is 16.1 Å². The molecule has 0 bridgehead atoms. The number of aromatic nitrogens is 2. The molecule has 6 heteroatoms. The van der Waals surface area contributed by atoms with Gasteiger partial charge in [0.05, 0.1) is 5.69 Å². The van der Waals surface area contributed by atoms with Crippen molar-refractivity contribution in [3.63, 3.8) is 0 Å². The zero-order valence-electron chi connectivity index (χ0n) is 14.6. The largest absolute Gasteiger partial charge is 0.368 e. The Morgan fingerprint density at radius 1 is 1.08 bits per heavy atom. The molecule has 1 aromatic carbocycles. The van der Waals surface area contributed by atoms with Crippen LogP contribution in [0.2, 0.25) is 0 Å². The molecule has 3 aromatic rings. The molecule has 132 valence electrons. The Morgan fingerprint density at radius 3 is 2.65 bits per heavy atom. The molecule has 2 aromatic heterocycles. The quantitative estimate of drug-likeness (QED) is 0.714. The van der Waals surface area contributed by atoms with Crippen molar-refractivity contribution in [2.24, 2.45) is 0 Å². The summed E-state index contributed by atoms with van der Waals surface area (Å²) < 4.78 is 0. The molecule has 3 heterocycles. The number of carbonyl (C=O) groups is 1. The van der Waals surface area contributed by atoms with Gasteiger partial charge in [-0.3, -0.25) is 9.78 Å². The molecule has 1 aliphatic heterocycles. The first-order valence-corrected chi connectivity index (χ1v) is 9.56. The third-order valence-corrected chi connectivity index (χ3v) is 5.41. The van der Waals surface area contributed by atoms with Crippen molar-refractivity contribution in [1.29, 1.82) is 0 Å². The van der Waals surface area contributed by atoms with Gasteiger partial charge in [-0.2, -0.15) is 0 Å². The topological polar surface area (TPSA) is 49.3 Å². The van der Waals surface area contributed by atoms with Gasteiger partial charge in [-0.05, 0) is 36.8 Å². The van der Waals surface area contributed by atoms with Crippen LogP contribution in [0.3, 0.4) is 0 Å². The van der Waals surface area contributed by atoms with E-state index < -0.39 is 0 Å². The summed E-state index contributed by atoms with van der Waals surface area (Å²) in [6.07, 6.45) is 1.74. The van der Waals surface area contributed by atoms with Gasteiger partial charge in [0.2, 0.25) is 0 Å². The SMILES string of the molecule is Cc1cccc(N2CCN(C(=O)c3csc(-c4ccccn4)n3)CC2)c1. The summed E-state index contributed by atoms with van der Waals surface area (Å²) in [7, 11) is 0. The van der Waals surface area contributed by atoms with Crippen molar-refractivity contribution >= 4 is 22.9 Å². The van der Waals surface area contributed by atoms with Crippen molar-refractivity contribution in [2.75, 3.05) is 31.1 Å². The van der Waals surface area contributed by atoms with Crippen molar-refractivity contribution in [3.05, 3.63) is 65.3 Å². The van der Waals surface area contributed by atoms with Gasteiger partial charge in [-0.15, -0.1) is 11.3 Å². The maximum Gasteiger partial charge on any atom is 0.273 e. The predicted octanol–water partition coefficient (Wildman–Crippen LogP) is 3.48. The van der Waals surface area contributed by atoms with E-state index in [4.69, 9.17) is 0 Å². The van der Waals surface area contributed by atoms with Crippen LogP contribution in [-0.4, -0.2) is 47.0 Å². The van der Waals surface area contributed by atoms with Crippen LogP contribution >= 0.6 is 11.3 Å². The number of anilines is 1. The van der Waals surface area contributed by atoms with Crippen molar-refractivity contribution in [2.45, 2.75) is 6.92 Å². The third kappa shape index (κ3) is 3.46. The first-order chi connectivity index (χ1) is 12.7. The molecule has 0 spiro atoms. The molecule has 26 heavy (non-hydrogen) atoms. The fourth-order valence-corrected chi connectivity index (χ4v) is 3.90. The number of carbonyl (C=O) groups excluding carboxylic acids is 1. The predicted molar refractivity (Wildman–Crippen MR) is 105 cm³/mol. The minimum atomic E-state index is 0.00678. The van der Waals surface area contributed by atoms with E-state index >= 15 is 0 Å². The molecule has 1 saturated heterocycles. The average Bonchev–Trinajstić information content (AvgIpc) is 3.18. The number of amides is 1. The van der Waals surface area contributed by atoms with Crippen molar-refractivity contribution in [3.8, 4) is 10.7 Å². The third-order valence-electron chi connectivity index (χ3n) is 4.54. The fourth-order valence-electron chi connectivity index (χ4n) is 3.13. The first kappa shape index (κ1) is 16.7. The molecule has 1 amide bonds. The molecule has 0 aliphatic carbocycles. The number of rotatable bonds is 3. The molecule has 0 saturated carbocycles. The molecule has 1 aliphatic rings. The van der Waals surface area contributed by atoms with Gasteiger partial charge in [0.15, 0.2) is 0 Å². The maximum atomic E-state index is 12.8.